The minimum atomic E-state index is -0.0163. The summed E-state index contributed by atoms with van der Waals surface area (Å²) in [5.74, 6) is 5.69. The Kier molecular flexibility index (Phi) is 4.04. The fraction of sp³-hybridized carbons (Fsp3) is 0.125. The van der Waals surface area contributed by atoms with E-state index in [0.29, 0.717) is 0 Å². The SMILES string of the molecule is NNC(Cc1ccccn1)c1cnn(-c2ccccc2)c1. The van der Waals surface area contributed by atoms with Crippen molar-refractivity contribution in [2.75, 3.05) is 0 Å². The van der Waals surface area contributed by atoms with Gasteiger partial charge in [-0.2, -0.15) is 5.10 Å². The fourth-order valence-corrected chi connectivity index (χ4v) is 2.24. The first-order chi connectivity index (χ1) is 10.4. The van der Waals surface area contributed by atoms with Gasteiger partial charge in [0.15, 0.2) is 0 Å². The van der Waals surface area contributed by atoms with E-state index in [-0.39, 0.29) is 6.04 Å². The van der Waals surface area contributed by atoms with Crippen LogP contribution in [0, 0.1) is 0 Å². The van der Waals surface area contributed by atoms with E-state index in [4.69, 9.17) is 5.84 Å². The van der Waals surface area contributed by atoms with Crippen molar-refractivity contribution in [3.05, 3.63) is 78.4 Å². The van der Waals surface area contributed by atoms with Gasteiger partial charge in [-0.3, -0.25) is 16.3 Å². The number of hydrogen-bond acceptors (Lipinski definition) is 4. The van der Waals surface area contributed by atoms with Crippen LogP contribution in [0.3, 0.4) is 0 Å². The Morgan fingerprint density at radius 2 is 1.90 bits per heavy atom. The average molecular weight is 279 g/mol. The molecule has 0 aliphatic heterocycles. The first kappa shape index (κ1) is 13.5. The van der Waals surface area contributed by atoms with E-state index in [2.05, 4.69) is 15.5 Å². The average Bonchev–Trinajstić information content (AvgIpc) is 3.04. The van der Waals surface area contributed by atoms with Gasteiger partial charge < -0.3 is 0 Å². The highest BCUT2D eigenvalue weighted by Crippen LogP contribution is 2.17. The smallest absolute Gasteiger partial charge is 0.0645 e. The van der Waals surface area contributed by atoms with Gasteiger partial charge in [0.25, 0.3) is 0 Å². The minimum absolute atomic E-state index is 0.0163. The monoisotopic (exact) mass is 279 g/mol. The number of hydrogen-bond donors (Lipinski definition) is 2. The number of pyridine rings is 1. The van der Waals surface area contributed by atoms with Gasteiger partial charge in [0.05, 0.1) is 17.9 Å². The number of nitrogens with one attached hydrogen (secondary N) is 1. The summed E-state index contributed by atoms with van der Waals surface area (Å²) in [6.45, 7) is 0. The summed E-state index contributed by atoms with van der Waals surface area (Å²) in [5.41, 5.74) is 5.89. The largest absolute Gasteiger partial charge is 0.271 e. The highest BCUT2D eigenvalue weighted by Gasteiger charge is 2.13. The van der Waals surface area contributed by atoms with E-state index in [1.807, 2.05) is 65.6 Å². The van der Waals surface area contributed by atoms with E-state index in [9.17, 15) is 0 Å². The Hall–Kier alpha value is -2.50. The molecule has 0 fully saturated rings. The molecule has 106 valence electrons. The van der Waals surface area contributed by atoms with Crippen LogP contribution in [-0.2, 0) is 6.42 Å². The Morgan fingerprint density at radius 3 is 2.62 bits per heavy atom. The predicted octanol–water partition coefficient (Wildman–Crippen LogP) is 2.01. The molecule has 2 aromatic heterocycles. The number of rotatable bonds is 5. The van der Waals surface area contributed by atoms with Gasteiger partial charge in [0, 0.05) is 30.1 Å². The molecule has 2 heterocycles. The van der Waals surface area contributed by atoms with Crippen molar-refractivity contribution in [3.8, 4) is 5.69 Å². The molecule has 0 saturated heterocycles. The van der Waals surface area contributed by atoms with Crippen LogP contribution in [0.15, 0.2) is 67.1 Å². The number of nitrogens with zero attached hydrogens (tertiary/aromatic N) is 3. The first-order valence-electron chi connectivity index (χ1n) is 6.83. The molecule has 1 unspecified atom stereocenters. The summed E-state index contributed by atoms with van der Waals surface area (Å²) in [5, 5.41) is 4.40. The number of hydrazine groups is 1. The van der Waals surface area contributed by atoms with Crippen molar-refractivity contribution in [2.45, 2.75) is 12.5 Å². The number of para-hydroxylation sites is 1. The number of benzene rings is 1. The third-order valence-electron chi connectivity index (χ3n) is 3.37. The second-order valence-corrected chi connectivity index (χ2v) is 4.80. The molecule has 0 aliphatic carbocycles. The molecule has 3 aromatic rings. The first-order valence-corrected chi connectivity index (χ1v) is 6.83. The number of nitrogens with two attached hydrogens (primary N) is 1. The molecule has 5 heteroatoms. The lowest BCUT2D eigenvalue weighted by atomic mass is 10.1. The van der Waals surface area contributed by atoms with Gasteiger partial charge in [-0.15, -0.1) is 0 Å². The van der Waals surface area contributed by atoms with Crippen molar-refractivity contribution in [2.24, 2.45) is 5.84 Å². The van der Waals surface area contributed by atoms with Crippen molar-refractivity contribution in [1.29, 1.82) is 0 Å². The summed E-state index contributed by atoms with van der Waals surface area (Å²) >= 11 is 0. The van der Waals surface area contributed by atoms with Crippen LogP contribution in [0.5, 0.6) is 0 Å². The van der Waals surface area contributed by atoms with Crippen LogP contribution in [0.1, 0.15) is 17.3 Å². The molecular formula is C16H17N5. The third kappa shape index (κ3) is 3.16. The van der Waals surface area contributed by atoms with E-state index in [0.717, 1.165) is 23.4 Å². The molecule has 0 bridgehead atoms. The molecule has 0 radical (unpaired) electrons. The molecule has 1 aromatic carbocycles. The highest BCUT2D eigenvalue weighted by molar-refractivity contribution is 5.31. The van der Waals surface area contributed by atoms with Crippen molar-refractivity contribution in [1.82, 2.24) is 20.2 Å². The predicted molar refractivity (Wildman–Crippen MR) is 81.6 cm³/mol. The second-order valence-electron chi connectivity index (χ2n) is 4.80. The van der Waals surface area contributed by atoms with Crippen molar-refractivity contribution in [3.63, 3.8) is 0 Å². The normalized spacial score (nSPS) is 12.2. The molecule has 0 saturated carbocycles. The van der Waals surface area contributed by atoms with E-state index >= 15 is 0 Å². The molecule has 5 nitrogen and oxygen atoms in total. The zero-order chi connectivity index (χ0) is 14.5. The lowest BCUT2D eigenvalue weighted by Gasteiger charge is -2.13. The zero-order valence-corrected chi connectivity index (χ0v) is 11.6. The second kappa shape index (κ2) is 6.30. The Morgan fingerprint density at radius 1 is 1.10 bits per heavy atom. The summed E-state index contributed by atoms with van der Waals surface area (Å²) in [7, 11) is 0. The standard InChI is InChI=1S/C16H17N5/c17-20-16(10-14-6-4-5-9-18-14)13-11-19-21(12-13)15-7-2-1-3-8-15/h1-9,11-12,16,20H,10,17H2. The van der Waals surface area contributed by atoms with E-state index < -0.39 is 0 Å². The summed E-state index contributed by atoms with van der Waals surface area (Å²) in [6, 6.07) is 15.8. The molecule has 21 heavy (non-hydrogen) atoms. The zero-order valence-electron chi connectivity index (χ0n) is 11.6. The van der Waals surface area contributed by atoms with Crippen LogP contribution < -0.4 is 11.3 Å². The van der Waals surface area contributed by atoms with Crippen LogP contribution in [0.4, 0.5) is 0 Å². The van der Waals surface area contributed by atoms with E-state index in [1.165, 1.54) is 0 Å². The van der Waals surface area contributed by atoms with Gasteiger partial charge in [-0.1, -0.05) is 24.3 Å². The maximum Gasteiger partial charge on any atom is 0.0645 e. The Labute approximate surface area is 123 Å². The van der Waals surface area contributed by atoms with Crippen LogP contribution in [-0.4, -0.2) is 14.8 Å². The topological polar surface area (TPSA) is 68.8 Å². The molecule has 3 N–H and O–H groups in total. The number of aromatic nitrogens is 3. The van der Waals surface area contributed by atoms with Gasteiger partial charge in [-0.25, -0.2) is 4.68 Å². The molecule has 0 amide bonds. The lowest BCUT2D eigenvalue weighted by Crippen LogP contribution is -2.29. The quantitative estimate of drug-likeness (QED) is 0.554. The summed E-state index contributed by atoms with van der Waals surface area (Å²) in [4.78, 5) is 4.33. The molecule has 0 aliphatic rings. The molecule has 0 spiro atoms. The maximum atomic E-state index is 5.69. The Balaban J connectivity index is 1.81. The van der Waals surface area contributed by atoms with Gasteiger partial charge in [-0.05, 0) is 24.3 Å². The van der Waals surface area contributed by atoms with Gasteiger partial charge in [0.2, 0.25) is 0 Å². The summed E-state index contributed by atoms with van der Waals surface area (Å²) < 4.78 is 1.85. The van der Waals surface area contributed by atoms with Crippen LogP contribution >= 0.6 is 0 Å². The lowest BCUT2D eigenvalue weighted by molar-refractivity contribution is 0.546. The van der Waals surface area contributed by atoms with Crippen LogP contribution in [0.25, 0.3) is 5.69 Å². The Bertz CT molecular complexity index is 678. The molecule has 3 rings (SSSR count). The molecule has 1 atom stereocenters. The van der Waals surface area contributed by atoms with Gasteiger partial charge >= 0.3 is 0 Å². The maximum absolute atomic E-state index is 5.69. The van der Waals surface area contributed by atoms with Crippen molar-refractivity contribution >= 4 is 0 Å². The van der Waals surface area contributed by atoms with Crippen molar-refractivity contribution < 1.29 is 0 Å². The highest BCUT2D eigenvalue weighted by atomic mass is 15.3. The van der Waals surface area contributed by atoms with Crippen LogP contribution in [0.2, 0.25) is 0 Å². The van der Waals surface area contributed by atoms with Gasteiger partial charge in [0.1, 0.15) is 0 Å². The minimum Gasteiger partial charge on any atom is -0.271 e. The fourth-order valence-electron chi connectivity index (χ4n) is 2.24. The van der Waals surface area contributed by atoms with E-state index in [1.54, 1.807) is 6.20 Å². The summed E-state index contributed by atoms with van der Waals surface area (Å²) in [6.07, 6.45) is 6.33. The molecular weight excluding hydrogens is 262 g/mol. The third-order valence-corrected chi connectivity index (χ3v) is 3.37.